The van der Waals surface area contributed by atoms with E-state index in [9.17, 15) is 0 Å². The molecule has 0 aliphatic heterocycles. The fourth-order valence-electron chi connectivity index (χ4n) is 1.22. The number of rotatable bonds is 7. The van der Waals surface area contributed by atoms with Crippen LogP contribution in [0.3, 0.4) is 0 Å². The summed E-state index contributed by atoms with van der Waals surface area (Å²) in [6.07, 6.45) is 3.98. The minimum atomic E-state index is -0.119. The number of likely N-dealkylation sites (N-methyl/N-ethyl adjacent to an activating group) is 1. The van der Waals surface area contributed by atoms with Crippen LogP contribution in [-0.4, -0.2) is 34.1 Å². The third kappa shape index (κ3) is 5.80. The van der Waals surface area contributed by atoms with E-state index in [4.69, 9.17) is 9.47 Å². The fourth-order valence-corrected chi connectivity index (χ4v) is 1.22. The summed E-state index contributed by atoms with van der Waals surface area (Å²) in [6.45, 7) is 3.03. The molecule has 0 aromatic rings. The molecule has 0 spiro atoms. The Labute approximate surface area is 81.1 Å². The van der Waals surface area contributed by atoms with Crippen molar-refractivity contribution in [1.82, 2.24) is 5.32 Å². The Balaban J connectivity index is 3.99. The summed E-state index contributed by atoms with van der Waals surface area (Å²) in [5.41, 5.74) is 1.33. The van der Waals surface area contributed by atoms with Gasteiger partial charge >= 0.3 is 0 Å². The molecule has 0 saturated heterocycles. The van der Waals surface area contributed by atoms with Crippen LogP contribution in [-0.2, 0) is 9.47 Å². The van der Waals surface area contributed by atoms with Crippen LogP contribution in [0.25, 0.3) is 0 Å². The maximum atomic E-state index is 5.13. The van der Waals surface area contributed by atoms with Crippen molar-refractivity contribution in [2.75, 3.05) is 27.8 Å². The van der Waals surface area contributed by atoms with Gasteiger partial charge in [-0.15, -0.1) is 0 Å². The number of allylic oxidation sites excluding steroid dienone is 1. The Morgan fingerprint density at radius 2 is 2.00 bits per heavy atom. The lowest BCUT2D eigenvalue weighted by atomic mass is 10.1. The molecule has 0 saturated carbocycles. The average Bonchev–Trinajstić information content (AvgIpc) is 2.14. The Morgan fingerprint density at radius 1 is 1.38 bits per heavy atom. The second-order valence-corrected chi connectivity index (χ2v) is 2.91. The molecule has 0 fully saturated rings. The molecular weight excluding hydrogens is 166 g/mol. The highest BCUT2D eigenvalue weighted by molar-refractivity contribution is 5.04. The number of nitrogens with one attached hydrogen (secondary N) is 1. The maximum Gasteiger partial charge on any atom is 0.160 e. The highest BCUT2D eigenvalue weighted by atomic mass is 16.7. The quantitative estimate of drug-likeness (QED) is 0.484. The topological polar surface area (TPSA) is 30.5 Å². The molecule has 78 valence electrons. The maximum absolute atomic E-state index is 5.13. The van der Waals surface area contributed by atoms with Crippen LogP contribution in [0.2, 0.25) is 0 Å². The van der Waals surface area contributed by atoms with Crippen LogP contribution in [0.4, 0.5) is 0 Å². The fraction of sp³-hybridized carbons (Fsp3) is 0.800. The van der Waals surface area contributed by atoms with Gasteiger partial charge in [-0.2, -0.15) is 0 Å². The lowest BCUT2D eigenvalue weighted by Crippen LogP contribution is -2.19. The highest BCUT2D eigenvalue weighted by Crippen LogP contribution is 2.08. The zero-order chi connectivity index (χ0) is 10.1. The number of methoxy groups -OCH3 is 2. The first-order chi connectivity index (χ1) is 6.28. The summed E-state index contributed by atoms with van der Waals surface area (Å²) < 4.78 is 10.3. The Kier molecular flexibility index (Phi) is 7.99. The molecule has 3 heteroatoms. The van der Waals surface area contributed by atoms with E-state index >= 15 is 0 Å². The van der Waals surface area contributed by atoms with Crippen molar-refractivity contribution >= 4 is 0 Å². The van der Waals surface area contributed by atoms with E-state index in [1.165, 1.54) is 5.57 Å². The van der Waals surface area contributed by atoms with Crippen LogP contribution < -0.4 is 5.32 Å². The minimum Gasteiger partial charge on any atom is -0.356 e. The Morgan fingerprint density at radius 3 is 2.38 bits per heavy atom. The Hall–Kier alpha value is -0.380. The number of ether oxygens (including phenoxy) is 2. The molecule has 0 amide bonds. The second kappa shape index (κ2) is 8.23. The SMILES string of the molecule is CC/C=C(/CNC)CC(OC)OC. The van der Waals surface area contributed by atoms with Crippen molar-refractivity contribution in [2.45, 2.75) is 26.1 Å². The van der Waals surface area contributed by atoms with Crippen molar-refractivity contribution in [3.63, 3.8) is 0 Å². The van der Waals surface area contributed by atoms with Crippen molar-refractivity contribution < 1.29 is 9.47 Å². The lowest BCUT2D eigenvalue weighted by Gasteiger charge is -2.15. The van der Waals surface area contributed by atoms with Crippen LogP contribution in [0.5, 0.6) is 0 Å². The van der Waals surface area contributed by atoms with Gasteiger partial charge in [-0.25, -0.2) is 0 Å². The predicted molar refractivity (Wildman–Crippen MR) is 54.7 cm³/mol. The van der Waals surface area contributed by atoms with E-state index in [2.05, 4.69) is 18.3 Å². The highest BCUT2D eigenvalue weighted by Gasteiger charge is 2.07. The van der Waals surface area contributed by atoms with Gasteiger partial charge in [-0.05, 0) is 13.5 Å². The molecule has 0 atom stereocenters. The molecule has 0 rings (SSSR count). The molecule has 0 unspecified atom stereocenters. The van der Waals surface area contributed by atoms with Gasteiger partial charge in [0.15, 0.2) is 6.29 Å². The average molecular weight is 187 g/mol. The molecule has 0 heterocycles. The van der Waals surface area contributed by atoms with Gasteiger partial charge in [-0.3, -0.25) is 0 Å². The monoisotopic (exact) mass is 187 g/mol. The normalized spacial score (nSPS) is 12.5. The molecule has 0 aliphatic carbocycles. The van der Waals surface area contributed by atoms with Crippen LogP contribution >= 0.6 is 0 Å². The number of hydrogen-bond acceptors (Lipinski definition) is 3. The zero-order valence-corrected chi connectivity index (χ0v) is 9.09. The predicted octanol–water partition coefficient (Wildman–Crippen LogP) is 1.55. The molecule has 3 nitrogen and oxygen atoms in total. The molecule has 0 bridgehead atoms. The van der Waals surface area contributed by atoms with E-state index in [1.54, 1.807) is 14.2 Å². The summed E-state index contributed by atoms with van der Waals surface area (Å²) in [5, 5.41) is 3.13. The first-order valence-corrected chi connectivity index (χ1v) is 4.66. The van der Waals surface area contributed by atoms with Crippen molar-refractivity contribution in [3.05, 3.63) is 11.6 Å². The van der Waals surface area contributed by atoms with Crippen LogP contribution in [0.1, 0.15) is 19.8 Å². The smallest absolute Gasteiger partial charge is 0.160 e. The number of hydrogen-bond donors (Lipinski definition) is 1. The van der Waals surface area contributed by atoms with E-state index < -0.39 is 0 Å². The van der Waals surface area contributed by atoms with Gasteiger partial charge in [0.1, 0.15) is 0 Å². The largest absolute Gasteiger partial charge is 0.356 e. The summed E-state index contributed by atoms with van der Waals surface area (Å²) in [7, 11) is 5.27. The first kappa shape index (κ1) is 12.6. The lowest BCUT2D eigenvalue weighted by molar-refractivity contribution is -0.100. The minimum absolute atomic E-state index is 0.119. The summed E-state index contributed by atoms with van der Waals surface area (Å²) >= 11 is 0. The van der Waals surface area contributed by atoms with E-state index in [-0.39, 0.29) is 6.29 Å². The van der Waals surface area contributed by atoms with E-state index in [1.807, 2.05) is 7.05 Å². The van der Waals surface area contributed by atoms with Gasteiger partial charge in [0.2, 0.25) is 0 Å². The second-order valence-electron chi connectivity index (χ2n) is 2.91. The summed E-state index contributed by atoms with van der Waals surface area (Å²) in [5.74, 6) is 0. The van der Waals surface area contributed by atoms with Crippen molar-refractivity contribution in [3.8, 4) is 0 Å². The molecule has 13 heavy (non-hydrogen) atoms. The zero-order valence-electron chi connectivity index (χ0n) is 9.09. The molecule has 0 aliphatic rings. The first-order valence-electron chi connectivity index (χ1n) is 4.66. The van der Waals surface area contributed by atoms with Gasteiger partial charge in [0, 0.05) is 27.2 Å². The van der Waals surface area contributed by atoms with Gasteiger partial charge in [0.05, 0.1) is 0 Å². The molecule has 0 aromatic carbocycles. The molecule has 1 N–H and O–H groups in total. The van der Waals surface area contributed by atoms with Crippen LogP contribution in [0.15, 0.2) is 11.6 Å². The standard InChI is InChI=1S/C10H21NO2/c1-5-6-9(8-11-2)7-10(12-3)13-4/h6,10-11H,5,7-8H2,1-4H3/b9-6+. The van der Waals surface area contributed by atoms with Crippen LogP contribution in [0, 0.1) is 0 Å². The molecule has 0 radical (unpaired) electrons. The van der Waals surface area contributed by atoms with Crippen molar-refractivity contribution in [2.24, 2.45) is 0 Å². The summed E-state index contributed by atoms with van der Waals surface area (Å²) in [4.78, 5) is 0. The van der Waals surface area contributed by atoms with Gasteiger partial charge in [0.25, 0.3) is 0 Å². The Bertz CT molecular complexity index is 142. The van der Waals surface area contributed by atoms with Crippen molar-refractivity contribution in [1.29, 1.82) is 0 Å². The summed E-state index contributed by atoms with van der Waals surface area (Å²) in [6, 6.07) is 0. The van der Waals surface area contributed by atoms with E-state index in [0.29, 0.717) is 0 Å². The third-order valence-electron chi connectivity index (χ3n) is 1.85. The third-order valence-corrected chi connectivity index (χ3v) is 1.85. The molecular formula is C10H21NO2. The van der Waals surface area contributed by atoms with E-state index in [0.717, 1.165) is 19.4 Å². The van der Waals surface area contributed by atoms with Gasteiger partial charge < -0.3 is 14.8 Å². The van der Waals surface area contributed by atoms with Gasteiger partial charge in [-0.1, -0.05) is 18.6 Å². The molecule has 0 aromatic heterocycles.